The van der Waals surface area contributed by atoms with E-state index in [9.17, 15) is 9.59 Å². The zero-order chi connectivity index (χ0) is 18.2. The Morgan fingerprint density at radius 2 is 1.44 bits per heavy atom. The van der Waals surface area contributed by atoms with Crippen LogP contribution in [-0.2, 0) is 4.79 Å². The molecule has 0 saturated carbocycles. The zero-order valence-electron chi connectivity index (χ0n) is 15.0. The third-order valence-electron chi connectivity index (χ3n) is 3.97. The molecule has 0 unspecified atom stereocenters. The number of benzene rings is 2. The molecule has 0 saturated heterocycles. The molecule has 0 aliphatic heterocycles. The van der Waals surface area contributed by atoms with Crippen molar-refractivity contribution in [3.8, 4) is 0 Å². The molecule has 0 fully saturated rings. The first kappa shape index (κ1) is 18.5. The predicted octanol–water partition coefficient (Wildman–Crippen LogP) is 3.53. The van der Waals surface area contributed by atoms with Gasteiger partial charge in [-0.05, 0) is 57.2 Å². The van der Waals surface area contributed by atoms with Crippen molar-refractivity contribution < 1.29 is 9.59 Å². The Hall–Kier alpha value is -2.82. The normalized spacial score (nSPS) is 10.2. The van der Waals surface area contributed by atoms with E-state index in [0.29, 0.717) is 18.7 Å². The van der Waals surface area contributed by atoms with Crippen LogP contribution in [0.25, 0.3) is 0 Å². The molecule has 2 rings (SSSR count). The summed E-state index contributed by atoms with van der Waals surface area (Å²) < 4.78 is 0. The van der Waals surface area contributed by atoms with E-state index in [-0.39, 0.29) is 18.4 Å². The topological polar surface area (TPSA) is 61.4 Å². The van der Waals surface area contributed by atoms with Crippen molar-refractivity contribution in [2.24, 2.45) is 0 Å². The number of amides is 2. The van der Waals surface area contributed by atoms with Crippen molar-refractivity contribution in [1.82, 2.24) is 4.90 Å². The number of nitrogens with one attached hydrogen (secondary N) is 2. The predicted molar refractivity (Wildman–Crippen MR) is 102 cm³/mol. The molecule has 0 spiro atoms. The van der Waals surface area contributed by atoms with Crippen LogP contribution >= 0.6 is 0 Å². The smallest absolute Gasteiger partial charge is 0.253 e. The molecule has 5 heteroatoms. The summed E-state index contributed by atoms with van der Waals surface area (Å²) >= 11 is 0. The molecule has 0 radical (unpaired) electrons. The molecule has 132 valence electrons. The fourth-order valence-corrected chi connectivity index (χ4v) is 2.45. The number of hydrogen-bond acceptors (Lipinski definition) is 3. The SMILES string of the molecule is CCN(CC)C(=O)c1ccc(NCC(=O)Nc2ccc(C)cc2)cc1. The van der Waals surface area contributed by atoms with Crippen molar-refractivity contribution in [1.29, 1.82) is 0 Å². The fraction of sp³-hybridized carbons (Fsp3) is 0.300. The molecule has 0 heterocycles. The highest BCUT2D eigenvalue weighted by Gasteiger charge is 2.12. The van der Waals surface area contributed by atoms with E-state index in [4.69, 9.17) is 0 Å². The van der Waals surface area contributed by atoms with E-state index < -0.39 is 0 Å². The standard InChI is InChI=1S/C20H25N3O2/c1-4-23(5-2)20(25)16-8-12-17(13-9-16)21-14-19(24)22-18-10-6-15(3)7-11-18/h6-13,21H,4-5,14H2,1-3H3,(H,22,24). The number of nitrogens with zero attached hydrogens (tertiary/aromatic N) is 1. The van der Waals surface area contributed by atoms with Gasteiger partial charge in [0.15, 0.2) is 0 Å². The minimum Gasteiger partial charge on any atom is -0.376 e. The minimum absolute atomic E-state index is 0.0219. The van der Waals surface area contributed by atoms with Crippen molar-refractivity contribution in [3.05, 3.63) is 59.7 Å². The lowest BCUT2D eigenvalue weighted by Gasteiger charge is -2.18. The Bertz CT molecular complexity index is 705. The minimum atomic E-state index is -0.118. The van der Waals surface area contributed by atoms with Gasteiger partial charge in [0, 0.05) is 30.0 Å². The first-order valence-electron chi connectivity index (χ1n) is 8.53. The number of anilines is 2. The van der Waals surface area contributed by atoms with Gasteiger partial charge in [0.1, 0.15) is 0 Å². The molecule has 2 amide bonds. The van der Waals surface area contributed by atoms with Crippen LogP contribution in [0, 0.1) is 6.92 Å². The Labute approximate surface area is 149 Å². The van der Waals surface area contributed by atoms with E-state index in [1.807, 2.05) is 57.2 Å². The van der Waals surface area contributed by atoms with Gasteiger partial charge in [0.25, 0.3) is 5.91 Å². The third-order valence-corrected chi connectivity index (χ3v) is 3.97. The Morgan fingerprint density at radius 1 is 0.880 bits per heavy atom. The molecular formula is C20H25N3O2. The molecule has 0 aromatic heterocycles. The van der Waals surface area contributed by atoms with Gasteiger partial charge < -0.3 is 15.5 Å². The second kappa shape index (κ2) is 8.87. The maximum Gasteiger partial charge on any atom is 0.253 e. The first-order chi connectivity index (χ1) is 12.0. The third kappa shape index (κ3) is 5.35. The van der Waals surface area contributed by atoms with Crippen LogP contribution in [0.3, 0.4) is 0 Å². The summed E-state index contributed by atoms with van der Waals surface area (Å²) in [6.07, 6.45) is 0. The van der Waals surface area contributed by atoms with Crippen LogP contribution in [0.4, 0.5) is 11.4 Å². The summed E-state index contributed by atoms with van der Waals surface area (Å²) in [7, 11) is 0. The molecule has 2 aromatic carbocycles. The van der Waals surface area contributed by atoms with Gasteiger partial charge in [-0.25, -0.2) is 0 Å². The largest absolute Gasteiger partial charge is 0.376 e. The first-order valence-corrected chi connectivity index (χ1v) is 8.53. The second-order valence-corrected chi connectivity index (χ2v) is 5.82. The van der Waals surface area contributed by atoms with E-state index >= 15 is 0 Å². The number of carbonyl (C=O) groups excluding carboxylic acids is 2. The highest BCUT2D eigenvalue weighted by atomic mass is 16.2. The number of aryl methyl sites for hydroxylation is 1. The maximum absolute atomic E-state index is 12.3. The van der Waals surface area contributed by atoms with Gasteiger partial charge in [-0.3, -0.25) is 9.59 Å². The number of carbonyl (C=O) groups is 2. The summed E-state index contributed by atoms with van der Waals surface area (Å²) in [6.45, 7) is 7.47. The van der Waals surface area contributed by atoms with Crippen LogP contribution in [0.15, 0.2) is 48.5 Å². The average Bonchev–Trinajstić information content (AvgIpc) is 2.63. The summed E-state index contributed by atoms with van der Waals surface area (Å²) in [6, 6.07) is 14.8. The monoisotopic (exact) mass is 339 g/mol. The van der Waals surface area contributed by atoms with Gasteiger partial charge in [0.05, 0.1) is 6.54 Å². The van der Waals surface area contributed by atoms with Crippen LogP contribution < -0.4 is 10.6 Å². The van der Waals surface area contributed by atoms with Gasteiger partial charge in [0.2, 0.25) is 5.91 Å². The Morgan fingerprint density at radius 3 is 2.00 bits per heavy atom. The maximum atomic E-state index is 12.3. The quantitative estimate of drug-likeness (QED) is 0.811. The van der Waals surface area contributed by atoms with Crippen molar-refractivity contribution in [2.45, 2.75) is 20.8 Å². The zero-order valence-corrected chi connectivity index (χ0v) is 15.0. The second-order valence-electron chi connectivity index (χ2n) is 5.82. The molecule has 0 aliphatic carbocycles. The van der Waals surface area contributed by atoms with Crippen molar-refractivity contribution >= 4 is 23.2 Å². The van der Waals surface area contributed by atoms with Crippen LogP contribution in [0.5, 0.6) is 0 Å². The van der Waals surface area contributed by atoms with Gasteiger partial charge >= 0.3 is 0 Å². The van der Waals surface area contributed by atoms with E-state index in [2.05, 4.69) is 10.6 Å². The molecule has 0 bridgehead atoms. The van der Waals surface area contributed by atoms with Gasteiger partial charge in [-0.1, -0.05) is 17.7 Å². The lowest BCUT2D eigenvalue weighted by atomic mass is 10.1. The summed E-state index contributed by atoms with van der Waals surface area (Å²) in [5.74, 6) is -0.0965. The Kier molecular flexibility index (Phi) is 6.57. The van der Waals surface area contributed by atoms with E-state index in [0.717, 1.165) is 16.9 Å². The van der Waals surface area contributed by atoms with E-state index in [1.54, 1.807) is 17.0 Å². The lowest BCUT2D eigenvalue weighted by Crippen LogP contribution is -2.30. The van der Waals surface area contributed by atoms with Gasteiger partial charge in [-0.15, -0.1) is 0 Å². The molecule has 0 aliphatic rings. The van der Waals surface area contributed by atoms with Crippen LogP contribution in [0.2, 0.25) is 0 Å². The summed E-state index contributed by atoms with van der Waals surface area (Å²) in [5.41, 5.74) is 3.38. The average molecular weight is 339 g/mol. The number of rotatable bonds is 7. The highest BCUT2D eigenvalue weighted by Crippen LogP contribution is 2.12. The van der Waals surface area contributed by atoms with Gasteiger partial charge in [-0.2, -0.15) is 0 Å². The summed E-state index contributed by atoms with van der Waals surface area (Å²) in [5, 5.41) is 5.90. The van der Waals surface area contributed by atoms with Crippen molar-refractivity contribution in [2.75, 3.05) is 30.3 Å². The van der Waals surface area contributed by atoms with Crippen molar-refractivity contribution in [3.63, 3.8) is 0 Å². The highest BCUT2D eigenvalue weighted by molar-refractivity contribution is 5.95. The number of hydrogen-bond donors (Lipinski definition) is 2. The summed E-state index contributed by atoms with van der Waals surface area (Å²) in [4.78, 5) is 26.0. The van der Waals surface area contributed by atoms with Crippen LogP contribution in [0.1, 0.15) is 29.8 Å². The molecule has 2 N–H and O–H groups in total. The molecule has 5 nitrogen and oxygen atoms in total. The van der Waals surface area contributed by atoms with E-state index in [1.165, 1.54) is 0 Å². The molecule has 0 atom stereocenters. The lowest BCUT2D eigenvalue weighted by molar-refractivity contribution is -0.114. The fourth-order valence-electron chi connectivity index (χ4n) is 2.45. The molecule has 25 heavy (non-hydrogen) atoms. The Balaban J connectivity index is 1.87. The molecular weight excluding hydrogens is 314 g/mol. The molecule has 2 aromatic rings. The van der Waals surface area contributed by atoms with Crippen LogP contribution in [-0.4, -0.2) is 36.3 Å².